The summed E-state index contributed by atoms with van der Waals surface area (Å²) in [7, 11) is 3.10. The molecule has 1 heterocycles. The molecule has 0 spiro atoms. The van der Waals surface area contributed by atoms with Crippen molar-refractivity contribution in [1.82, 2.24) is 9.78 Å². The molecule has 0 bridgehead atoms. The summed E-state index contributed by atoms with van der Waals surface area (Å²) in [6.07, 6.45) is 0.160. The van der Waals surface area contributed by atoms with E-state index in [0.29, 0.717) is 34.1 Å². The SMILES string of the molecule is COc1ccc(CC(=O)Nc2ccc(-c3nn(-c4ccccc4)c(=O)c(Cl)c3Cl)cc2)cc1OC. The molecule has 1 N–H and O–H groups in total. The van der Waals surface area contributed by atoms with Crippen molar-refractivity contribution in [3.05, 3.63) is 98.8 Å². The van der Waals surface area contributed by atoms with Crippen molar-refractivity contribution in [2.75, 3.05) is 19.5 Å². The number of hydrogen-bond acceptors (Lipinski definition) is 5. The summed E-state index contributed by atoms with van der Waals surface area (Å²) in [5.41, 5.74) is 2.42. The number of aromatic nitrogens is 2. The molecule has 0 aliphatic carbocycles. The topological polar surface area (TPSA) is 82.5 Å². The van der Waals surface area contributed by atoms with Gasteiger partial charge in [-0.15, -0.1) is 0 Å². The number of nitrogens with one attached hydrogen (secondary N) is 1. The van der Waals surface area contributed by atoms with Crippen LogP contribution in [0.2, 0.25) is 10.0 Å². The number of halogens is 2. The minimum absolute atomic E-state index is 0.0640. The Balaban J connectivity index is 1.54. The van der Waals surface area contributed by atoms with E-state index in [1.54, 1.807) is 74.9 Å². The van der Waals surface area contributed by atoms with E-state index in [9.17, 15) is 9.59 Å². The molecule has 0 fully saturated rings. The number of nitrogens with zero attached hydrogens (tertiary/aromatic N) is 2. The third-order valence-electron chi connectivity index (χ3n) is 5.24. The Hall–Kier alpha value is -3.81. The lowest BCUT2D eigenvalue weighted by atomic mass is 10.1. The number of anilines is 1. The first-order chi connectivity index (χ1) is 16.9. The van der Waals surface area contributed by atoms with Gasteiger partial charge in [0.15, 0.2) is 11.5 Å². The summed E-state index contributed by atoms with van der Waals surface area (Å²) in [6.45, 7) is 0. The molecule has 0 atom stereocenters. The summed E-state index contributed by atoms with van der Waals surface area (Å²) in [5, 5.41) is 7.24. The summed E-state index contributed by atoms with van der Waals surface area (Å²) >= 11 is 12.6. The molecule has 1 amide bonds. The van der Waals surface area contributed by atoms with Crippen molar-refractivity contribution in [2.45, 2.75) is 6.42 Å². The molecule has 4 aromatic rings. The Kier molecular flexibility index (Phi) is 7.39. The molecule has 3 aromatic carbocycles. The van der Waals surface area contributed by atoms with Gasteiger partial charge in [-0.2, -0.15) is 9.78 Å². The zero-order valence-corrected chi connectivity index (χ0v) is 20.4. The van der Waals surface area contributed by atoms with Gasteiger partial charge in [-0.3, -0.25) is 9.59 Å². The lowest BCUT2D eigenvalue weighted by molar-refractivity contribution is -0.115. The first kappa shape index (κ1) is 24.3. The molecule has 0 aliphatic heterocycles. The van der Waals surface area contributed by atoms with Crippen LogP contribution in [0.25, 0.3) is 16.9 Å². The normalized spacial score (nSPS) is 10.6. The van der Waals surface area contributed by atoms with Gasteiger partial charge < -0.3 is 14.8 Å². The Morgan fingerprint density at radius 1 is 0.914 bits per heavy atom. The molecule has 35 heavy (non-hydrogen) atoms. The van der Waals surface area contributed by atoms with Gasteiger partial charge in [-0.25, -0.2) is 0 Å². The zero-order valence-electron chi connectivity index (χ0n) is 18.9. The minimum Gasteiger partial charge on any atom is -0.493 e. The largest absolute Gasteiger partial charge is 0.493 e. The highest BCUT2D eigenvalue weighted by atomic mass is 35.5. The van der Waals surface area contributed by atoms with Crippen LogP contribution in [-0.4, -0.2) is 29.9 Å². The second kappa shape index (κ2) is 10.6. The Morgan fingerprint density at radius 3 is 2.26 bits per heavy atom. The number of para-hydroxylation sites is 1. The smallest absolute Gasteiger partial charge is 0.291 e. The molecule has 0 radical (unpaired) electrons. The van der Waals surface area contributed by atoms with Gasteiger partial charge in [0.2, 0.25) is 5.91 Å². The maximum atomic E-state index is 12.6. The Labute approximate surface area is 211 Å². The minimum atomic E-state index is -0.509. The molecule has 4 rings (SSSR count). The number of methoxy groups -OCH3 is 2. The molecule has 1 aromatic heterocycles. The van der Waals surface area contributed by atoms with Crippen molar-refractivity contribution >= 4 is 34.8 Å². The van der Waals surface area contributed by atoms with E-state index in [4.69, 9.17) is 32.7 Å². The molecular weight excluding hydrogens is 489 g/mol. The van der Waals surface area contributed by atoms with Crippen LogP contribution in [0.5, 0.6) is 11.5 Å². The highest BCUT2D eigenvalue weighted by Crippen LogP contribution is 2.31. The van der Waals surface area contributed by atoms with Crippen LogP contribution < -0.4 is 20.3 Å². The lowest BCUT2D eigenvalue weighted by Crippen LogP contribution is -2.22. The van der Waals surface area contributed by atoms with Crippen molar-refractivity contribution < 1.29 is 14.3 Å². The van der Waals surface area contributed by atoms with Crippen molar-refractivity contribution in [3.8, 4) is 28.4 Å². The molecule has 0 unspecified atom stereocenters. The second-order valence-electron chi connectivity index (χ2n) is 7.52. The van der Waals surface area contributed by atoms with E-state index in [1.165, 1.54) is 4.68 Å². The molecule has 9 heteroatoms. The summed E-state index contributed by atoms with van der Waals surface area (Å²) in [6, 6.07) is 21.2. The Bertz CT molecular complexity index is 1420. The molecule has 0 aliphatic rings. The van der Waals surface area contributed by atoms with E-state index in [0.717, 1.165) is 5.56 Å². The number of rotatable bonds is 7. The van der Waals surface area contributed by atoms with Gasteiger partial charge in [0.1, 0.15) is 10.7 Å². The average molecular weight is 510 g/mol. The number of carbonyl (C=O) groups excluding carboxylic acids is 1. The third kappa shape index (κ3) is 5.31. The van der Waals surface area contributed by atoms with Gasteiger partial charge in [-0.05, 0) is 42.0 Å². The third-order valence-corrected chi connectivity index (χ3v) is 6.05. The number of benzene rings is 3. The fourth-order valence-corrected chi connectivity index (χ4v) is 3.90. The van der Waals surface area contributed by atoms with Gasteiger partial charge >= 0.3 is 0 Å². The number of amides is 1. The van der Waals surface area contributed by atoms with E-state index in [1.807, 2.05) is 12.1 Å². The number of carbonyl (C=O) groups is 1. The monoisotopic (exact) mass is 509 g/mol. The van der Waals surface area contributed by atoms with Crippen LogP contribution in [0.1, 0.15) is 5.56 Å². The lowest BCUT2D eigenvalue weighted by Gasteiger charge is -2.12. The predicted molar refractivity (Wildman–Crippen MR) is 137 cm³/mol. The summed E-state index contributed by atoms with van der Waals surface area (Å²) in [4.78, 5) is 25.2. The van der Waals surface area contributed by atoms with Gasteiger partial charge in [0.05, 0.1) is 31.4 Å². The van der Waals surface area contributed by atoms with Crippen molar-refractivity contribution in [1.29, 1.82) is 0 Å². The van der Waals surface area contributed by atoms with Crippen LogP contribution in [0.15, 0.2) is 77.6 Å². The van der Waals surface area contributed by atoms with E-state index in [-0.39, 0.29) is 22.4 Å². The van der Waals surface area contributed by atoms with Crippen molar-refractivity contribution in [3.63, 3.8) is 0 Å². The predicted octanol–water partition coefficient (Wildman–Crippen LogP) is 5.40. The fourth-order valence-electron chi connectivity index (χ4n) is 3.50. The van der Waals surface area contributed by atoms with Crippen LogP contribution in [0, 0.1) is 0 Å². The van der Waals surface area contributed by atoms with E-state index < -0.39 is 5.56 Å². The fraction of sp³-hybridized carbons (Fsp3) is 0.115. The van der Waals surface area contributed by atoms with Crippen molar-refractivity contribution in [2.24, 2.45) is 0 Å². The highest BCUT2D eigenvalue weighted by molar-refractivity contribution is 6.43. The van der Waals surface area contributed by atoms with Gasteiger partial charge in [0.25, 0.3) is 5.56 Å². The van der Waals surface area contributed by atoms with Gasteiger partial charge in [-0.1, -0.05) is 59.6 Å². The summed E-state index contributed by atoms with van der Waals surface area (Å²) in [5.74, 6) is 0.960. The Morgan fingerprint density at radius 2 is 1.60 bits per heavy atom. The first-order valence-corrected chi connectivity index (χ1v) is 11.3. The van der Waals surface area contributed by atoms with E-state index in [2.05, 4.69) is 10.4 Å². The average Bonchev–Trinajstić information content (AvgIpc) is 2.88. The second-order valence-corrected chi connectivity index (χ2v) is 8.28. The summed E-state index contributed by atoms with van der Waals surface area (Å²) < 4.78 is 11.7. The number of ether oxygens (including phenoxy) is 2. The molecular formula is C26H21Cl2N3O4. The highest BCUT2D eigenvalue weighted by Gasteiger charge is 2.17. The first-order valence-electron chi connectivity index (χ1n) is 10.6. The maximum absolute atomic E-state index is 12.6. The molecule has 0 saturated heterocycles. The van der Waals surface area contributed by atoms with Crippen LogP contribution >= 0.6 is 23.2 Å². The van der Waals surface area contributed by atoms with E-state index >= 15 is 0 Å². The van der Waals surface area contributed by atoms with Gasteiger partial charge in [0, 0.05) is 11.3 Å². The zero-order chi connectivity index (χ0) is 24.9. The molecule has 178 valence electrons. The standard InChI is InChI=1S/C26H21Cl2N3O4/c1-34-20-13-8-16(14-21(20)35-2)15-22(32)29-18-11-9-17(10-12-18)25-23(27)24(28)26(33)31(30-25)19-6-4-3-5-7-19/h3-14H,15H2,1-2H3,(H,29,32). The maximum Gasteiger partial charge on any atom is 0.291 e. The van der Waals surface area contributed by atoms with Crippen LogP contribution in [0.3, 0.4) is 0 Å². The van der Waals surface area contributed by atoms with Crippen LogP contribution in [-0.2, 0) is 11.2 Å². The van der Waals surface area contributed by atoms with Crippen LogP contribution in [0.4, 0.5) is 5.69 Å². The number of hydrogen-bond donors (Lipinski definition) is 1. The quantitative estimate of drug-likeness (QED) is 0.360. The molecule has 7 nitrogen and oxygen atoms in total. The molecule has 0 saturated carbocycles.